The molecule has 0 aromatic heterocycles. The van der Waals surface area contributed by atoms with Crippen LogP contribution in [0.2, 0.25) is 0 Å². The second-order valence-corrected chi connectivity index (χ2v) is 3.03. The highest BCUT2D eigenvalue weighted by molar-refractivity contribution is 9.10. The molecule has 8 heteroatoms. The minimum Gasteiger partial charge on any atom is -0.258 e. The van der Waals surface area contributed by atoms with Crippen molar-refractivity contribution in [2.45, 2.75) is 0 Å². The lowest BCUT2D eigenvalue weighted by molar-refractivity contribution is -0.386. The van der Waals surface area contributed by atoms with E-state index in [1.54, 1.807) is 0 Å². The molecule has 0 spiro atoms. The first-order chi connectivity index (χ1) is 6.57. The minimum absolute atomic E-state index is 0.170. The van der Waals surface area contributed by atoms with Crippen LogP contribution in [-0.4, -0.2) is 4.92 Å². The van der Waals surface area contributed by atoms with Crippen molar-refractivity contribution in [3.63, 3.8) is 0 Å². The molecule has 0 unspecified atom stereocenters. The van der Waals surface area contributed by atoms with Crippen molar-refractivity contribution in [2.24, 2.45) is 5.11 Å². The predicted octanol–water partition coefficient (Wildman–Crippen LogP) is 3.44. The number of hydrogen-bond acceptors (Lipinski definition) is 3. The van der Waals surface area contributed by atoms with Gasteiger partial charge >= 0.3 is 5.69 Å². The lowest BCUT2D eigenvalue weighted by Crippen LogP contribution is -1.93. The number of nitro groups is 1. The number of benzene rings is 1. The van der Waals surface area contributed by atoms with Crippen LogP contribution < -0.4 is 0 Å². The van der Waals surface area contributed by atoms with Gasteiger partial charge in [0.1, 0.15) is 5.69 Å². The maximum absolute atomic E-state index is 13.0. The first kappa shape index (κ1) is 10.4. The summed E-state index contributed by atoms with van der Waals surface area (Å²) in [4.78, 5) is 11.9. The van der Waals surface area contributed by atoms with Gasteiger partial charge in [-0.1, -0.05) is 21.0 Å². The number of nitro benzene ring substituents is 1. The molecule has 14 heavy (non-hydrogen) atoms. The normalized spacial score (nSPS) is 9.29. The number of rotatable bonds is 2. The highest BCUT2D eigenvalue weighted by Gasteiger charge is 2.21. The van der Waals surface area contributed by atoms with E-state index in [0.717, 1.165) is 6.07 Å². The summed E-state index contributed by atoms with van der Waals surface area (Å²) >= 11 is 2.91. The predicted molar refractivity (Wildman–Crippen MR) is 49.6 cm³/mol. The second kappa shape index (κ2) is 4.03. The molecule has 0 aliphatic carbocycles. The zero-order valence-electron chi connectivity index (χ0n) is 6.52. The van der Waals surface area contributed by atoms with Crippen LogP contribution in [0.15, 0.2) is 21.7 Å². The van der Waals surface area contributed by atoms with Crippen LogP contribution in [0, 0.1) is 15.9 Å². The number of nitrogens with zero attached hydrogens (tertiary/aromatic N) is 4. The van der Waals surface area contributed by atoms with Gasteiger partial charge in [0, 0.05) is 9.38 Å². The molecule has 0 fully saturated rings. The van der Waals surface area contributed by atoms with Crippen LogP contribution in [0.4, 0.5) is 15.8 Å². The number of halogens is 2. The molecule has 0 bridgehead atoms. The average molecular weight is 261 g/mol. The van der Waals surface area contributed by atoms with Gasteiger partial charge in [0.25, 0.3) is 0 Å². The van der Waals surface area contributed by atoms with Gasteiger partial charge < -0.3 is 0 Å². The number of hydrogen-bond donors (Lipinski definition) is 0. The highest BCUT2D eigenvalue weighted by atomic mass is 79.9. The van der Waals surface area contributed by atoms with E-state index in [2.05, 4.69) is 26.0 Å². The van der Waals surface area contributed by atoms with Crippen molar-refractivity contribution in [1.29, 1.82) is 0 Å². The molecule has 0 heterocycles. The summed E-state index contributed by atoms with van der Waals surface area (Å²) in [5.41, 5.74) is 6.93. The van der Waals surface area contributed by atoms with E-state index in [0.29, 0.717) is 0 Å². The Bertz CT molecular complexity index is 417. The van der Waals surface area contributed by atoms with Gasteiger partial charge in [0.15, 0.2) is 0 Å². The van der Waals surface area contributed by atoms with E-state index in [1.165, 1.54) is 6.07 Å². The second-order valence-electron chi connectivity index (χ2n) is 2.17. The van der Waals surface area contributed by atoms with Crippen molar-refractivity contribution < 1.29 is 9.31 Å². The molecule has 6 nitrogen and oxygen atoms in total. The van der Waals surface area contributed by atoms with Crippen LogP contribution in [-0.2, 0) is 0 Å². The Morgan fingerprint density at radius 1 is 1.64 bits per heavy atom. The van der Waals surface area contributed by atoms with Crippen molar-refractivity contribution in [2.75, 3.05) is 0 Å². The van der Waals surface area contributed by atoms with Gasteiger partial charge in [-0.25, -0.2) is 0 Å². The molecule has 1 aromatic carbocycles. The third kappa shape index (κ3) is 1.81. The fourth-order valence-electron chi connectivity index (χ4n) is 0.844. The largest absolute Gasteiger partial charge is 0.315 e. The molecule has 0 aliphatic heterocycles. The Morgan fingerprint density at radius 2 is 2.29 bits per heavy atom. The maximum atomic E-state index is 13.0. The zero-order valence-corrected chi connectivity index (χ0v) is 8.10. The summed E-state index contributed by atoms with van der Waals surface area (Å²) in [7, 11) is 0. The van der Waals surface area contributed by atoms with Crippen LogP contribution in [0.3, 0.4) is 0 Å². The smallest absolute Gasteiger partial charge is 0.258 e. The van der Waals surface area contributed by atoms with Crippen molar-refractivity contribution >= 4 is 27.3 Å². The summed E-state index contributed by atoms with van der Waals surface area (Å²) < 4.78 is 13.1. The molecule has 0 atom stereocenters. The van der Waals surface area contributed by atoms with E-state index < -0.39 is 16.4 Å². The Kier molecular flexibility index (Phi) is 3.00. The summed E-state index contributed by atoms with van der Waals surface area (Å²) in [5, 5.41) is 13.5. The van der Waals surface area contributed by atoms with Crippen molar-refractivity contribution in [3.05, 3.63) is 43.0 Å². The van der Waals surface area contributed by atoms with Crippen LogP contribution in [0.1, 0.15) is 0 Å². The van der Waals surface area contributed by atoms with E-state index in [9.17, 15) is 14.5 Å². The number of azide groups is 1. The van der Waals surface area contributed by atoms with E-state index in [1.807, 2.05) is 0 Å². The third-order valence-corrected chi connectivity index (χ3v) is 2.02. The maximum Gasteiger partial charge on any atom is 0.315 e. The monoisotopic (exact) mass is 260 g/mol. The lowest BCUT2D eigenvalue weighted by Gasteiger charge is -1.99. The third-order valence-electron chi connectivity index (χ3n) is 1.38. The Labute approximate surface area is 85.3 Å². The van der Waals surface area contributed by atoms with Gasteiger partial charge in [0.05, 0.1) is 4.92 Å². The SMILES string of the molecule is [N-]=[N+]=Nc1c(Br)ccc(F)c1[N+](=O)[O-]. The van der Waals surface area contributed by atoms with Gasteiger partial charge in [0.2, 0.25) is 5.82 Å². The molecular formula is C6H2BrFN4O2. The molecule has 1 rings (SSSR count). The first-order valence-corrected chi connectivity index (χ1v) is 4.04. The Hall–Kier alpha value is -1.66. The molecule has 0 saturated heterocycles. The standard InChI is InChI=1S/C6H2BrFN4O2/c7-3-1-2-4(8)6(12(13)14)5(3)10-11-9/h1-2H. The molecule has 0 radical (unpaired) electrons. The summed E-state index contributed by atoms with van der Waals surface area (Å²) in [6.45, 7) is 0. The molecular weight excluding hydrogens is 259 g/mol. The Morgan fingerprint density at radius 3 is 2.79 bits per heavy atom. The van der Waals surface area contributed by atoms with Crippen LogP contribution >= 0.6 is 15.9 Å². The first-order valence-electron chi connectivity index (χ1n) is 3.25. The molecule has 72 valence electrons. The van der Waals surface area contributed by atoms with Crippen LogP contribution in [0.25, 0.3) is 10.4 Å². The molecule has 0 amide bonds. The fourth-order valence-corrected chi connectivity index (χ4v) is 1.24. The van der Waals surface area contributed by atoms with E-state index >= 15 is 0 Å². The summed E-state index contributed by atoms with van der Waals surface area (Å²) in [5.74, 6) is -1.04. The topological polar surface area (TPSA) is 91.9 Å². The van der Waals surface area contributed by atoms with E-state index in [-0.39, 0.29) is 10.2 Å². The quantitative estimate of drug-likeness (QED) is 0.268. The molecule has 0 saturated carbocycles. The summed E-state index contributed by atoms with van der Waals surface area (Å²) in [6, 6.07) is 2.14. The lowest BCUT2D eigenvalue weighted by atomic mass is 10.2. The van der Waals surface area contributed by atoms with Gasteiger partial charge in [-0.3, -0.25) is 10.1 Å². The molecule has 1 aromatic rings. The van der Waals surface area contributed by atoms with Crippen molar-refractivity contribution in [3.8, 4) is 0 Å². The fraction of sp³-hybridized carbons (Fsp3) is 0. The Balaban J connectivity index is 3.57. The van der Waals surface area contributed by atoms with Gasteiger partial charge in [-0.2, -0.15) is 4.39 Å². The van der Waals surface area contributed by atoms with Crippen LogP contribution in [0.5, 0.6) is 0 Å². The zero-order chi connectivity index (χ0) is 10.7. The minimum atomic E-state index is -1.04. The average Bonchev–Trinajstić information content (AvgIpc) is 2.11. The summed E-state index contributed by atoms with van der Waals surface area (Å²) in [6.07, 6.45) is 0. The molecule has 0 aliphatic rings. The van der Waals surface area contributed by atoms with Gasteiger partial charge in [-0.15, -0.1) is 0 Å². The van der Waals surface area contributed by atoms with Crippen molar-refractivity contribution in [1.82, 2.24) is 0 Å². The molecule has 0 N–H and O–H groups in total. The van der Waals surface area contributed by atoms with Gasteiger partial charge in [-0.05, 0) is 17.7 Å². The highest BCUT2D eigenvalue weighted by Crippen LogP contribution is 2.37. The van der Waals surface area contributed by atoms with E-state index in [4.69, 9.17) is 5.53 Å².